The second-order valence-electron chi connectivity index (χ2n) is 5.52. The van der Waals surface area contributed by atoms with E-state index in [0.29, 0.717) is 26.4 Å². The van der Waals surface area contributed by atoms with Gasteiger partial charge in [-0.15, -0.1) is 0 Å². The van der Waals surface area contributed by atoms with Crippen LogP contribution < -0.4 is 22.1 Å². The first kappa shape index (κ1) is 17.8. The highest BCUT2D eigenvalue weighted by Gasteiger charge is 2.08. The zero-order valence-corrected chi connectivity index (χ0v) is 12.2. The van der Waals surface area contributed by atoms with E-state index in [0.717, 1.165) is 13.1 Å². The number of hydrogen-bond donors (Lipinski definition) is 4. The maximum absolute atomic E-state index is 5.76. The number of ether oxygens (including phenoxy) is 2. The summed E-state index contributed by atoms with van der Waals surface area (Å²) in [7, 11) is 0. The van der Waals surface area contributed by atoms with Crippen molar-refractivity contribution in [2.75, 3.05) is 39.5 Å². The summed E-state index contributed by atoms with van der Waals surface area (Å²) in [6.07, 6.45) is 0. The van der Waals surface area contributed by atoms with Gasteiger partial charge in [0.05, 0.1) is 37.8 Å². The van der Waals surface area contributed by atoms with Gasteiger partial charge in [0.25, 0.3) is 0 Å². The summed E-state index contributed by atoms with van der Waals surface area (Å²) in [4.78, 5) is 0. The Morgan fingerprint density at radius 1 is 0.722 bits per heavy atom. The fraction of sp³-hybridized carbons (Fsp3) is 1.00. The van der Waals surface area contributed by atoms with Gasteiger partial charge in [-0.3, -0.25) is 10.6 Å². The average molecular weight is 262 g/mol. The summed E-state index contributed by atoms with van der Waals surface area (Å²) in [6.45, 7) is 11.6. The number of nitrogens with one attached hydrogen (secondary N) is 2. The molecule has 0 spiro atoms. The topological polar surface area (TPSA) is 94.6 Å². The molecule has 0 unspecified atom stereocenters. The van der Waals surface area contributed by atoms with E-state index in [9.17, 15) is 0 Å². The van der Waals surface area contributed by atoms with E-state index in [4.69, 9.17) is 20.9 Å². The van der Waals surface area contributed by atoms with Crippen molar-refractivity contribution in [2.24, 2.45) is 11.5 Å². The smallest absolute Gasteiger partial charge is 0.0701 e. The highest BCUT2D eigenvalue weighted by Crippen LogP contribution is 1.89. The van der Waals surface area contributed by atoms with Crippen LogP contribution in [-0.4, -0.2) is 50.8 Å². The Kier molecular flexibility index (Phi) is 8.67. The van der Waals surface area contributed by atoms with Crippen LogP contribution >= 0.6 is 0 Å². The standard InChI is InChI=1S/C12H30N4O2/c1-11(2,13)15-5-7-17-9-10-18-8-6-16-12(3,4)14/h15-16H,5-10,13-14H2,1-4H3. The zero-order chi connectivity index (χ0) is 14.1. The summed E-state index contributed by atoms with van der Waals surface area (Å²) in [5.41, 5.74) is 10.8. The highest BCUT2D eigenvalue weighted by molar-refractivity contribution is 4.68. The van der Waals surface area contributed by atoms with Gasteiger partial charge in [-0.2, -0.15) is 0 Å². The lowest BCUT2D eigenvalue weighted by Gasteiger charge is -2.20. The number of rotatable bonds is 11. The Bertz CT molecular complexity index is 177. The summed E-state index contributed by atoms with van der Waals surface area (Å²) in [5.74, 6) is 0. The molecule has 0 heterocycles. The van der Waals surface area contributed by atoms with Gasteiger partial charge in [0.2, 0.25) is 0 Å². The van der Waals surface area contributed by atoms with Crippen molar-refractivity contribution in [2.45, 2.75) is 39.0 Å². The van der Waals surface area contributed by atoms with Crippen LogP contribution in [0.25, 0.3) is 0 Å². The van der Waals surface area contributed by atoms with E-state index in [1.165, 1.54) is 0 Å². The SMILES string of the molecule is CC(C)(N)NCCOCCOCCNC(C)(C)N. The maximum Gasteiger partial charge on any atom is 0.0701 e. The molecule has 6 heteroatoms. The molecule has 0 aliphatic carbocycles. The molecule has 0 saturated heterocycles. The van der Waals surface area contributed by atoms with Crippen LogP contribution in [0.3, 0.4) is 0 Å². The Labute approximate surface area is 111 Å². The fourth-order valence-corrected chi connectivity index (χ4v) is 1.21. The van der Waals surface area contributed by atoms with Gasteiger partial charge < -0.3 is 20.9 Å². The van der Waals surface area contributed by atoms with Crippen LogP contribution in [0.2, 0.25) is 0 Å². The largest absolute Gasteiger partial charge is 0.378 e. The molecule has 0 bridgehead atoms. The highest BCUT2D eigenvalue weighted by atomic mass is 16.5. The Balaban J connectivity index is 3.13. The first-order chi connectivity index (χ1) is 8.21. The molecule has 0 aliphatic rings. The first-order valence-electron chi connectivity index (χ1n) is 6.44. The summed E-state index contributed by atoms with van der Waals surface area (Å²) >= 11 is 0. The molecule has 0 amide bonds. The van der Waals surface area contributed by atoms with E-state index < -0.39 is 0 Å². The molecule has 0 rings (SSSR count). The van der Waals surface area contributed by atoms with Gasteiger partial charge in [0.15, 0.2) is 0 Å². The van der Waals surface area contributed by atoms with Crippen LogP contribution in [0.5, 0.6) is 0 Å². The molecule has 0 radical (unpaired) electrons. The Morgan fingerprint density at radius 2 is 1.06 bits per heavy atom. The van der Waals surface area contributed by atoms with Crippen LogP contribution in [-0.2, 0) is 9.47 Å². The van der Waals surface area contributed by atoms with Gasteiger partial charge in [-0.1, -0.05) is 0 Å². The molecule has 18 heavy (non-hydrogen) atoms. The summed E-state index contributed by atoms with van der Waals surface area (Å²) in [6, 6.07) is 0. The first-order valence-corrected chi connectivity index (χ1v) is 6.44. The average Bonchev–Trinajstić information content (AvgIpc) is 2.17. The molecule has 0 fully saturated rings. The van der Waals surface area contributed by atoms with Gasteiger partial charge in [-0.05, 0) is 27.7 Å². The van der Waals surface area contributed by atoms with Crippen molar-refractivity contribution < 1.29 is 9.47 Å². The minimum absolute atomic E-state index is 0.347. The van der Waals surface area contributed by atoms with E-state index in [1.54, 1.807) is 0 Å². The molecule has 0 atom stereocenters. The van der Waals surface area contributed by atoms with Crippen LogP contribution in [0.1, 0.15) is 27.7 Å². The predicted octanol–water partition coefficient (Wildman–Crippen LogP) is -0.412. The van der Waals surface area contributed by atoms with Crippen molar-refractivity contribution in [1.29, 1.82) is 0 Å². The predicted molar refractivity (Wildman–Crippen MR) is 74.2 cm³/mol. The minimum atomic E-state index is -0.347. The third-order valence-corrected chi connectivity index (χ3v) is 2.03. The summed E-state index contributed by atoms with van der Waals surface area (Å²) < 4.78 is 10.8. The lowest BCUT2D eigenvalue weighted by molar-refractivity contribution is 0.0469. The second kappa shape index (κ2) is 8.79. The Morgan fingerprint density at radius 3 is 1.33 bits per heavy atom. The summed E-state index contributed by atoms with van der Waals surface area (Å²) in [5, 5.41) is 6.28. The third kappa shape index (κ3) is 15.8. The molecule has 0 aromatic carbocycles. The lowest BCUT2D eigenvalue weighted by Crippen LogP contribution is -2.49. The Hall–Kier alpha value is -0.240. The number of nitrogens with two attached hydrogens (primary N) is 2. The van der Waals surface area contributed by atoms with E-state index >= 15 is 0 Å². The molecule has 0 aromatic heterocycles. The normalized spacial score (nSPS) is 13.0. The van der Waals surface area contributed by atoms with E-state index in [2.05, 4.69) is 10.6 Å². The molecule has 6 N–H and O–H groups in total. The van der Waals surface area contributed by atoms with Crippen molar-refractivity contribution in [3.8, 4) is 0 Å². The minimum Gasteiger partial charge on any atom is -0.378 e. The maximum atomic E-state index is 5.76. The molecular formula is C12H30N4O2. The van der Waals surface area contributed by atoms with Crippen LogP contribution in [0.4, 0.5) is 0 Å². The molecule has 0 aliphatic heterocycles. The quantitative estimate of drug-likeness (QED) is 0.299. The zero-order valence-electron chi connectivity index (χ0n) is 12.2. The second-order valence-corrected chi connectivity index (χ2v) is 5.52. The van der Waals surface area contributed by atoms with Crippen molar-refractivity contribution in [3.63, 3.8) is 0 Å². The molecule has 0 saturated carbocycles. The van der Waals surface area contributed by atoms with Crippen molar-refractivity contribution in [1.82, 2.24) is 10.6 Å². The van der Waals surface area contributed by atoms with Crippen LogP contribution in [0.15, 0.2) is 0 Å². The molecule has 110 valence electrons. The molecule has 6 nitrogen and oxygen atoms in total. The van der Waals surface area contributed by atoms with Gasteiger partial charge in [0, 0.05) is 13.1 Å². The van der Waals surface area contributed by atoms with Crippen molar-refractivity contribution in [3.05, 3.63) is 0 Å². The third-order valence-electron chi connectivity index (χ3n) is 2.03. The van der Waals surface area contributed by atoms with Crippen LogP contribution in [0, 0.1) is 0 Å². The van der Waals surface area contributed by atoms with Gasteiger partial charge in [-0.25, -0.2) is 0 Å². The number of hydrogen-bond acceptors (Lipinski definition) is 6. The fourth-order valence-electron chi connectivity index (χ4n) is 1.21. The van der Waals surface area contributed by atoms with Gasteiger partial charge in [0.1, 0.15) is 0 Å². The lowest BCUT2D eigenvalue weighted by atomic mass is 10.3. The molecule has 0 aromatic rings. The van der Waals surface area contributed by atoms with E-state index in [-0.39, 0.29) is 11.3 Å². The van der Waals surface area contributed by atoms with Gasteiger partial charge >= 0.3 is 0 Å². The van der Waals surface area contributed by atoms with E-state index in [1.807, 2.05) is 27.7 Å². The van der Waals surface area contributed by atoms with Crippen molar-refractivity contribution >= 4 is 0 Å². The molecular weight excluding hydrogens is 232 g/mol. The monoisotopic (exact) mass is 262 g/mol.